The highest BCUT2D eigenvalue weighted by Gasteiger charge is 2.38. The summed E-state index contributed by atoms with van der Waals surface area (Å²) in [5.74, 6) is -1.64. The number of alkyl halides is 3. The summed E-state index contributed by atoms with van der Waals surface area (Å²) in [6.07, 6.45) is -0.352. The van der Waals surface area contributed by atoms with Gasteiger partial charge in [-0.3, -0.25) is 4.98 Å². The Hall–Kier alpha value is -3.21. The van der Waals surface area contributed by atoms with Gasteiger partial charge in [0.05, 0.1) is 0 Å². The summed E-state index contributed by atoms with van der Waals surface area (Å²) in [4.78, 5) is 21.0. The molecule has 0 radical (unpaired) electrons. The number of H-pyrrole nitrogens is 1. The predicted molar refractivity (Wildman–Crippen MR) is 91.2 cm³/mol. The fraction of sp³-hybridized carbons (Fsp3) is 0.294. The first-order chi connectivity index (χ1) is 13.3. The van der Waals surface area contributed by atoms with Crippen LogP contribution in [0, 0.1) is 6.92 Å². The number of fused-ring (bicyclic) bond motifs is 1. The third-order valence-electron chi connectivity index (χ3n) is 4.05. The molecule has 0 saturated carbocycles. The molecule has 4 rings (SSSR count). The highest BCUT2D eigenvalue weighted by atomic mass is 19.4. The molecule has 1 aliphatic rings. The lowest BCUT2D eigenvalue weighted by Gasteiger charge is -2.19. The summed E-state index contributed by atoms with van der Waals surface area (Å²) in [6, 6.07) is 3.81. The van der Waals surface area contributed by atoms with Gasteiger partial charge < -0.3 is 19.9 Å². The summed E-state index contributed by atoms with van der Waals surface area (Å²) >= 11 is 0. The van der Waals surface area contributed by atoms with Gasteiger partial charge in [-0.2, -0.15) is 18.2 Å². The molecule has 3 aromatic rings. The van der Waals surface area contributed by atoms with Crippen LogP contribution >= 0.6 is 0 Å². The topological polar surface area (TPSA) is 117 Å². The number of hydrogen-bond acceptors (Lipinski definition) is 6. The largest absolute Gasteiger partial charge is 0.490 e. The molecule has 4 heterocycles. The Morgan fingerprint density at radius 2 is 2.11 bits per heavy atom. The number of carboxylic acid groups (broad SMARTS) is 1. The molecule has 11 heteroatoms. The van der Waals surface area contributed by atoms with Crippen LogP contribution in [0.2, 0.25) is 0 Å². The molecule has 0 amide bonds. The zero-order chi connectivity index (χ0) is 20.3. The second-order valence-electron chi connectivity index (χ2n) is 5.96. The summed E-state index contributed by atoms with van der Waals surface area (Å²) in [5.41, 5.74) is 5.27. The van der Waals surface area contributed by atoms with Crippen LogP contribution in [-0.2, 0) is 17.8 Å². The molecule has 0 aromatic carbocycles. The van der Waals surface area contributed by atoms with E-state index in [-0.39, 0.29) is 0 Å². The molecule has 0 atom stereocenters. The number of hydrogen-bond donors (Lipinski definition) is 3. The number of aryl methyl sites for hydroxylation is 1. The lowest BCUT2D eigenvalue weighted by atomic mass is 9.95. The van der Waals surface area contributed by atoms with Crippen molar-refractivity contribution in [3.8, 4) is 23.0 Å². The molecule has 0 aliphatic carbocycles. The highest BCUT2D eigenvalue weighted by Crippen LogP contribution is 2.29. The van der Waals surface area contributed by atoms with Crippen molar-refractivity contribution in [2.24, 2.45) is 0 Å². The van der Waals surface area contributed by atoms with E-state index in [1.165, 1.54) is 11.1 Å². The molecule has 1 aliphatic heterocycles. The maximum Gasteiger partial charge on any atom is 0.490 e. The molecule has 0 unspecified atom stereocenters. The number of nitrogens with one attached hydrogen (secondary N) is 2. The Labute approximate surface area is 156 Å². The average molecular weight is 395 g/mol. The molecular formula is C17H16F3N5O3. The van der Waals surface area contributed by atoms with Crippen molar-refractivity contribution in [3.05, 3.63) is 41.3 Å². The van der Waals surface area contributed by atoms with Crippen LogP contribution in [0.25, 0.3) is 23.0 Å². The summed E-state index contributed by atoms with van der Waals surface area (Å²) < 4.78 is 37.1. The van der Waals surface area contributed by atoms with Crippen LogP contribution in [0.4, 0.5) is 13.2 Å². The number of halogens is 3. The standard InChI is InChI=1S/C15H15N5O.C2HF3O2/c1-9-13(11-4-6-16-7-10(11)8-18-9)14-19-15(21-20-14)12-3-2-5-17-12;3-2(4,5)1(6)7/h2-3,5,8,16-17H,4,6-7H2,1H3;(H,6,7). The number of carbonyl (C=O) groups is 1. The van der Waals surface area contributed by atoms with E-state index in [0.717, 1.165) is 36.5 Å². The minimum atomic E-state index is -5.08. The molecule has 0 fully saturated rings. The molecule has 0 spiro atoms. The van der Waals surface area contributed by atoms with Gasteiger partial charge in [0.2, 0.25) is 5.82 Å². The van der Waals surface area contributed by atoms with Crippen molar-refractivity contribution in [1.29, 1.82) is 0 Å². The fourth-order valence-electron chi connectivity index (χ4n) is 2.77. The molecule has 0 bridgehead atoms. The molecule has 3 aromatic heterocycles. The quantitative estimate of drug-likeness (QED) is 0.611. The van der Waals surface area contributed by atoms with Gasteiger partial charge in [-0.05, 0) is 43.1 Å². The summed E-state index contributed by atoms with van der Waals surface area (Å²) in [7, 11) is 0. The Kier molecular flexibility index (Phi) is 5.45. The molecule has 0 saturated heterocycles. The first kappa shape index (κ1) is 19.5. The van der Waals surface area contributed by atoms with E-state index in [2.05, 4.69) is 25.4 Å². The van der Waals surface area contributed by atoms with E-state index in [4.69, 9.17) is 14.4 Å². The van der Waals surface area contributed by atoms with Crippen LogP contribution in [0.5, 0.6) is 0 Å². The van der Waals surface area contributed by atoms with Crippen LogP contribution in [0.1, 0.15) is 16.8 Å². The van der Waals surface area contributed by atoms with E-state index in [0.29, 0.717) is 11.7 Å². The SMILES string of the molecule is Cc1ncc2c(c1-c1noc(-c3ccc[nH]3)n1)CCNC2.O=C(O)C(F)(F)F. The van der Waals surface area contributed by atoms with E-state index >= 15 is 0 Å². The average Bonchev–Trinajstić information content (AvgIpc) is 3.33. The van der Waals surface area contributed by atoms with Gasteiger partial charge in [0.15, 0.2) is 0 Å². The number of aliphatic carboxylic acids is 1. The van der Waals surface area contributed by atoms with Crippen molar-refractivity contribution in [3.63, 3.8) is 0 Å². The van der Waals surface area contributed by atoms with Crippen LogP contribution in [0.15, 0.2) is 29.0 Å². The Bertz CT molecular complexity index is 967. The zero-order valence-electron chi connectivity index (χ0n) is 14.7. The third-order valence-corrected chi connectivity index (χ3v) is 4.05. The van der Waals surface area contributed by atoms with Gasteiger partial charge in [-0.25, -0.2) is 4.79 Å². The van der Waals surface area contributed by atoms with Gasteiger partial charge in [-0.1, -0.05) is 5.16 Å². The number of aromatic amines is 1. The maximum atomic E-state index is 10.6. The van der Waals surface area contributed by atoms with Gasteiger partial charge in [0.25, 0.3) is 5.89 Å². The van der Waals surface area contributed by atoms with E-state index < -0.39 is 12.1 Å². The molecule has 8 nitrogen and oxygen atoms in total. The van der Waals surface area contributed by atoms with Crippen molar-refractivity contribution in [2.75, 3.05) is 6.54 Å². The lowest BCUT2D eigenvalue weighted by Crippen LogP contribution is -2.24. The highest BCUT2D eigenvalue weighted by molar-refractivity contribution is 5.73. The third kappa shape index (κ3) is 4.19. The number of nitrogens with zero attached hydrogens (tertiary/aromatic N) is 3. The number of pyridine rings is 1. The monoisotopic (exact) mass is 395 g/mol. The molecule has 28 heavy (non-hydrogen) atoms. The van der Waals surface area contributed by atoms with Crippen LogP contribution < -0.4 is 5.32 Å². The van der Waals surface area contributed by atoms with Crippen molar-refractivity contribution in [2.45, 2.75) is 26.1 Å². The molecule has 148 valence electrons. The summed E-state index contributed by atoms with van der Waals surface area (Å²) in [5, 5.41) is 14.6. The van der Waals surface area contributed by atoms with Gasteiger partial charge in [0.1, 0.15) is 5.69 Å². The number of rotatable bonds is 2. The smallest absolute Gasteiger partial charge is 0.475 e. The minimum Gasteiger partial charge on any atom is -0.475 e. The van der Waals surface area contributed by atoms with Gasteiger partial charge in [0, 0.05) is 30.2 Å². The van der Waals surface area contributed by atoms with Gasteiger partial charge >= 0.3 is 12.1 Å². The Balaban J connectivity index is 0.000000279. The van der Waals surface area contributed by atoms with Gasteiger partial charge in [-0.15, -0.1) is 0 Å². The predicted octanol–water partition coefficient (Wildman–Crippen LogP) is 2.71. The van der Waals surface area contributed by atoms with Crippen molar-refractivity contribution in [1.82, 2.24) is 25.4 Å². The number of aromatic nitrogens is 4. The van der Waals surface area contributed by atoms with Crippen molar-refractivity contribution < 1.29 is 27.6 Å². The van der Waals surface area contributed by atoms with E-state index in [1.807, 2.05) is 31.5 Å². The lowest BCUT2D eigenvalue weighted by molar-refractivity contribution is -0.192. The zero-order valence-corrected chi connectivity index (χ0v) is 14.7. The second kappa shape index (κ2) is 7.80. The van der Waals surface area contributed by atoms with Crippen LogP contribution in [-0.4, -0.2) is 43.9 Å². The fourth-order valence-corrected chi connectivity index (χ4v) is 2.77. The minimum absolute atomic E-state index is 0.501. The second-order valence-corrected chi connectivity index (χ2v) is 5.96. The normalized spacial score (nSPS) is 13.4. The first-order valence-corrected chi connectivity index (χ1v) is 8.23. The molecular weight excluding hydrogens is 379 g/mol. The Morgan fingerprint density at radius 1 is 1.36 bits per heavy atom. The maximum absolute atomic E-state index is 10.6. The summed E-state index contributed by atoms with van der Waals surface area (Å²) in [6.45, 7) is 3.80. The number of carboxylic acids is 1. The van der Waals surface area contributed by atoms with Crippen LogP contribution in [0.3, 0.4) is 0 Å². The van der Waals surface area contributed by atoms with E-state index in [1.54, 1.807) is 0 Å². The van der Waals surface area contributed by atoms with Crippen molar-refractivity contribution >= 4 is 5.97 Å². The Morgan fingerprint density at radius 3 is 2.75 bits per heavy atom. The first-order valence-electron chi connectivity index (χ1n) is 8.23. The molecule has 3 N–H and O–H groups in total. The van der Waals surface area contributed by atoms with E-state index in [9.17, 15) is 13.2 Å².